The molecule has 0 spiro atoms. The third kappa shape index (κ3) is 3.29. The molecule has 1 unspecified atom stereocenters. The zero-order valence-corrected chi connectivity index (χ0v) is 12.0. The maximum Gasteiger partial charge on any atom is 0.414 e. The number of hydrogen-bond acceptors (Lipinski definition) is 4. The molecular formula is C15H19NO4. The molecule has 0 aromatic heterocycles. The second-order valence-corrected chi connectivity index (χ2v) is 5.17. The Morgan fingerprint density at radius 3 is 2.60 bits per heavy atom. The van der Waals surface area contributed by atoms with Crippen molar-refractivity contribution in [2.45, 2.75) is 32.8 Å². The van der Waals surface area contributed by atoms with Crippen LogP contribution in [0.15, 0.2) is 24.3 Å². The molecule has 5 nitrogen and oxygen atoms in total. The van der Waals surface area contributed by atoms with Gasteiger partial charge in [-0.25, -0.2) is 4.79 Å². The summed E-state index contributed by atoms with van der Waals surface area (Å²) in [5.41, 5.74) is 2.02. The standard InChI is InChI=1S/C15H19NO4/c1-10(2)12-4-6-13(7-5-12)16-8-14(20-15(16)18)9-19-11(3)17/h4-7,10,14H,8-9H2,1-3H3. The predicted molar refractivity (Wildman–Crippen MR) is 74.8 cm³/mol. The lowest BCUT2D eigenvalue weighted by atomic mass is 10.0. The molecule has 0 saturated carbocycles. The number of cyclic esters (lactones) is 1. The molecule has 1 atom stereocenters. The summed E-state index contributed by atoms with van der Waals surface area (Å²) in [6.07, 6.45) is -0.810. The van der Waals surface area contributed by atoms with E-state index >= 15 is 0 Å². The van der Waals surface area contributed by atoms with Gasteiger partial charge in [0.1, 0.15) is 6.61 Å². The number of rotatable bonds is 4. The van der Waals surface area contributed by atoms with Crippen LogP contribution < -0.4 is 4.90 Å². The van der Waals surface area contributed by atoms with Crippen molar-refractivity contribution in [3.8, 4) is 0 Å². The van der Waals surface area contributed by atoms with Gasteiger partial charge in [-0.05, 0) is 23.6 Å². The van der Waals surface area contributed by atoms with Crippen molar-refractivity contribution in [1.29, 1.82) is 0 Å². The van der Waals surface area contributed by atoms with Crippen LogP contribution in [0.4, 0.5) is 10.5 Å². The van der Waals surface area contributed by atoms with Crippen LogP contribution in [0.2, 0.25) is 0 Å². The highest BCUT2D eigenvalue weighted by Gasteiger charge is 2.32. The van der Waals surface area contributed by atoms with Gasteiger partial charge in [0.2, 0.25) is 0 Å². The van der Waals surface area contributed by atoms with E-state index < -0.39 is 12.2 Å². The quantitative estimate of drug-likeness (QED) is 0.794. The van der Waals surface area contributed by atoms with Gasteiger partial charge in [-0.1, -0.05) is 26.0 Å². The lowest BCUT2D eigenvalue weighted by molar-refractivity contribution is -0.143. The molecule has 1 aromatic carbocycles. The fraction of sp³-hybridized carbons (Fsp3) is 0.467. The third-order valence-electron chi connectivity index (χ3n) is 3.22. The van der Waals surface area contributed by atoms with Crippen molar-refractivity contribution < 1.29 is 19.1 Å². The molecule has 2 rings (SSSR count). The van der Waals surface area contributed by atoms with Crippen molar-refractivity contribution >= 4 is 17.7 Å². The van der Waals surface area contributed by atoms with Crippen LogP contribution in [0.3, 0.4) is 0 Å². The summed E-state index contributed by atoms with van der Waals surface area (Å²) in [7, 11) is 0. The van der Waals surface area contributed by atoms with E-state index in [1.165, 1.54) is 12.5 Å². The minimum atomic E-state index is -0.406. The summed E-state index contributed by atoms with van der Waals surface area (Å²) in [5, 5.41) is 0. The second kappa shape index (κ2) is 5.94. The second-order valence-electron chi connectivity index (χ2n) is 5.17. The molecule has 1 heterocycles. The Kier molecular flexibility index (Phi) is 4.27. The molecule has 1 aromatic rings. The molecule has 5 heteroatoms. The number of anilines is 1. The first-order valence-electron chi connectivity index (χ1n) is 6.69. The number of nitrogens with zero attached hydrogens (tertiary/aromatic N) is 1. The average molecular weight is 277 g/mol. The van der Waals surface area contributed by atoms with Crippen molar-refractivity contribution in [3.05, 3.63) is 29.8 Å². The van der Waals surface area contributed by atoms with E-state index in [1.54, 1.807) is 4.90 Å². The van der Waals surface area contributed by atoms with Crippen molar-refractivity contribution in [3.63, 3.8) is 0 Å². The summed E-state index contributed by atoms with van der Waals surface area (Å²) in [6.45, 7) is 6.07. The minimum Gasteiger partial charge on any atom is -0.462 e. The molecule has 1 amide bonds. The van der Waals surface area contributed by atoms with Crippen molar-refractivity contribution in [1.82, 2.24) is 0 Å². The first-order chi connectivity index (χ1) is 9.47. The largest absolute Gasteiger partial charge is 0.462 e. The fourth-order valence-electron chi connectivity index (χ4n) is 2.07. The topological polar surface area (TPSA) is 55.8 Å². The smallest absolute Gasteiger partial charge is 0.414 e. The van der Waals surface area contributed by atoms with Gasteiger partial charge in [-0.3, -0.25) is 9.69 Å². The van der Waals surface area contributed by atoms with Crippen molar-refractivity contribution in [2.24, 2.45) is 0 Å². The Labute approximate surface area is 118 Å². The van der Waals surface area contributed by atoms with Crippen LogP contribution in [0, 0.1) is 0 Å². The monoisotopic (exact) mass is 277 g/mol. The van der Waals surface area contributed by atoms with Gasteiger partial charge in [-0.15, -0.1) is 0 Å². The molecule has 0 radical (unpaired) electrons. The first kappa shape index (κ1) is 14.4. The van der Waals surface area contributed by atoms with Gasteiger partial charge in [0.25, 0.3) is 0 Å². The molecule has 0 bridgehead atoms. The number of ether oxygens (including phenoxy) is 2. The van der Waals surface area contributed by atoms with E-state index in [9.17, 15) is 9.59 Å². The minimum absolute atomic E-state index is 0.0989. The number of esters is 1. The van der Waals surface area contributed by atoms with Gasteiger partial charge in [-0.2, -0.15) is 0 Å². The summed E-state index contributed by atoms with van der Waals surface area (Å²) in [5.74, 6) is 0.0760. The maximum absolute atomic E-state index is 11.8. The van der Waals surface area contributed by atoms with Crippen LogP contribution in [-0.4, -0.2) is 31.3 Å². The van der Waals surface area contributed by atoms with Crippen LogP contribution in [-0.2, 0) is 14.3 Å². The van der Waals surface area contributed by atoms with Gasteiger partial charge < -0.3 is 9.47 Å². The Morgan fingerprint density at radius 2 is 2.05 bits per heavy atom. The van der Waals surface area contributed by atoms with Crippen LogP contribution in [0.5, 0.6) is 0 Å². The SMILES string of the molecule is CC(=O)OCC1CN(c2ccc(C(C)C)cc2)C(=O)O1. The van der Waals surface area contributed by atoms with Gasteiger partial charge in [0.05, 0.1) is 6.54 Å². The summed E-state index contributed by atoms with van der Waals surface area (Å²) >= 11 is 0. The fourth-order valence-corrected chi connectivity index (χ4v) is 2.07. The van der Waals surface area contributed by atoms with Gasteiger partial charge in [0.15, 0.2) is 6.10 Å². The van der Waals surface area contributed by atoms with Crippen LogP contribution in [0.25, 0.3) is 0 Å². The molecule has 0 aliphatic carbocycles. The summed E-state index contributed by atoms with van der Waals surface area (Å²) in [6, 6.07) is 7.83. The van der Waals surface area contributed by atoms with E-state index in [4.69, 9.17) is 9.47 Å². The normalized spacial score (nSPS) is 18.3. The Hall–Kier alpha value is -2.04. The Morgan fingerprint density at radius 1 is 1.40 bits per heavy atom. The van der Waals surface area contributed by atoms with E-state index in [0.29, 0.717) is 12.5 Å². The van der Waals surface area contributed by atoms with Crippen LogP contribution >= 0.6 is 0 Å². The zero-order valence-electron chi connectivity index (χ0n) is 12.0. The van der Waals surface area contributed by atoms with E-state index in [2.05, 4.69) is 13.8 Å². The van der Waals surface area contributed by atoms with Crippen LogP contribution in [0.1, 0.15) is 32.3 Å². The molecule has 20 heavy (non-hydrogen) atoms. The summed E-state index contributed by atoms with van der Waals surface area (Å²) < 4.78 is 10.0. The third-order valence-corrected chi connectivity index (χ3v) is 3.22. The number of amides is 1. The van der Waals surface area contributed by atoms with E-state index in [0.717, 1.165) is 5.69 Å². The lowest BCUT2D eigenvalue weighted by Crippen LogP contribution is -2.26. The number of benzene rings is 1. The average Bonchev–Trinajstić information content (AvgIpc) is 2.78. The first-order valence-corrected chi connectivity index (χ1v) is 6.69. The molecule has 1 aliphatic heterocycles. The zero-order chi connectivity index (χ0) is 14.7. The molecule has 1 fully saturated rings. The predicted octanol–water partition coefficient (Wildman–Crippen LogP) is 2.70. The number of hydrogen-bond donors (Lipinski definition) is 0. The molecule has 108 valence electrons. The number of carbonyl (C=O) groups excluding carboxylic acids is 2. The highest BCUT2D eigenvalue weighted by Crippen LogP contribution is 2.24. The molecule has 1 saturated heterocycles. The molecule has 0 N–H and O–H groups in total. The Bertz CT molecular complexity index is 495. The van der Waals surface area contributed by atoms with Crippen molar-refractivity contribution in [2.75, 3.05) is 18.1 Å². The van der Waals surface area contributed by atoms with E-state index in [-0.39, 0.29) is 12.6 Å². The maximum atomic E-state index is 11.8. The highest BCUT2D eigenvalue weighted by molar-refractivity contribution is 5.89. The Balaban J connectivity index is 2.02. The highest BCUT2D eigenvalue weighted by atomic mass is 16.6. The molecule has 1 aliphatic rings. The van der Waals surface area contributed by atoms with E-state index in [1.807, 2.05) is 24.3 Å². The summed E-state index contributed by atoms with van der Waals surface area (Å²) in [4.78, 5) is 24.1. The van der Waals surface area contributed by atoms with Gasteiger partial charge in [0, 0.05) is 12.6 Å². The molecular weight excluding hydrogens is 258 g/mol. The van der Waals surface area contributed by atoms with Gasteiger partial charge >= 0.3 is 12.1 Å². The number of carbonyl (C=O) groups is 2. The lowest BCUT2D eigenvalue weighted by Gasteiger charge is -2.14.